The van der Waals surface area contributed by atoms with E-state index in [1.54, 1.807) is 0 Å². The minimum absolute atomic E-state index is 0.0267. The molecule has 5 aliphatic rings. The molecule has 4 saturated carbocycles. The molecule has 0 aromatic heterocycles. The van der Waals surface area contributed by atoms with E-state index in [1.165, 1.54) is 0 Å². The number of alkyl halides is 1. The summed E-state index contributed by atoms with van der Waals surface area (Å²) in [4.78, 5) is 28.0. The second-order valence-corrected chi connectivity index (χ2v) is 11.9. The van der Waals surface area contributed by atoms with E-state index in [1.807, 2.05) is 25.7 Å². The number of halogens is 1. The normalized spacial score (nSPS) is 32.6. The smallest absolute Gasteiger partial charge is 0.230 e. The Labute approximate surface area is 202 Å². The zero-order valence-electron chi connectivity index (χ0n) is 20.9. The van der Waals surface area contributed by atoms with Gasteiger partial charge in [0, 0.05) is 25.6 Å². The summed E-state index contributed by atoms with van der Waals surface area (Å²) in [5, 5.41) is 3.37. The lowest BCUT2D eigenvalue weighted by atomic mass is 9.53. The van der Waals surface area contributed by atoms with Gasteiger partial charge in [-0.1, -0.05) is 23.8 Å². The van der Waals surface area contributed by atoms with Crippen LogP contribution < -0.4 is 5.32 Å². The predicted octanol–water partition coefficient (Wildman–Crippen LogP) is 4.10. The Kier molecular flexibility index (Phi) is 6.24. The van der Waals surface area contributed by atoms with Gasteiger partial charge in [0.25, 0.3) is 0 Å². The van der Waals surface area contributed by atoms with Crippen molar-refractivity contribution in [2.45, 2.75) is 82.8 Å². The fraction of sp³-hybridized carbons (Fsp3) is 0.714. The Bertz CT molecular complexity index is 939. The maximum Gasteiger partial charge on any atom is 0.230 e. The molecule has 2 amide bonds. The SMILES string of the molecule is Cc1cc(CCC(=O)N2CCOCC2)cc(C(C)(C)C(=O)NC2[C@@H]3CC4C[C@H]2CC(F)(C4)C3)c1. The fourth-order valence-electron chi connectivity index (χ4n) is 7.21. The first-order valence-corrected chi connectivity index (χ1v) is 13.1. The summed E-state index contributed by atoms with van der Waals surface area (Å²) in [6, 6.07) is 6.39. The molecule has 6 rings (SSSR count). The van der Waals surface area contributed by atoms with Gasteiger partial charge in [-0.25, -0.2) is 4.39 Å². The number of nitrogens with zero attached hydrogens (tertiary/aromatic N) is 1. The van der Waals surface area contributed by atoms with Crippen LogP contribution in [0.5, 0.6) is 0 Å². The van der Waals surface area contributed by atoms with Crippen molar-refractivity contribution >= 4 is 11.8 Å². The lowest BCUT2D eigenvalue weighted by Gasteiger charge is -2.57. The van der Waals surface area contributed by atoms with Crippen LogP contribution in [0.15, 0.2) is 18.2 Å². The third kappa shape index (κ3) is 4.62. The standard InChI is InChI=1S/C28H39FN2O3/c1-18-10-19(4-5-24(32)31-6-8-34-9-7-31)14-23(11-18)27(2,3)26(33)30-25-21-12-20-13-22(25)17-28(29,15-20)16-21/h10-11,14,20-22,25H,4-9,12-13,15-17H2,1-3H3,(H,30,33)/t20?,21-,22+,25?,28?. The molecule has 1 saturated heterocycles. The summed E-state index contributed by atoms with van der Waals surface area (Å²) in [5.41, 5.74) is 1.48. The monoisotopic (exact) mass is 470 g/mol. The first-order valence-electron chi connectivity index (χ1n) is 13.1. The van der Waals surface area contributed by atoms with E-state index >= 15 is 4.39 Å². The molecule has 34 heavy (non-hydrogen) atoms. The largest absolute Gasteiger partial charge is 0.378 e. The van der Waals surface area contributed by atoms with Crippen molar-refractivity contribution in [2.24, 2.45) is 17.8 Å². The molecule has 186 valence electrons. The Hall–Kier alpha value is -1.95. The first-order chi connectivity index (χ1) is 16.1. The molecule has 3 unspecified atom stereocenters. The summed E-state index contributed by atoms with van der Waals surface area (Å²) in [6.07, 6.45) is 5.18. The van der Waals surface area contributed by atoms with Crippen LogP contribution in [0.25, 0.3) is 0 Å². The molecule has 4 aliphatic carbocycles. The van der Waals surface area contributed by atoms with Gasteiger partial charge >= 0.3 is 0 Å². The van der Waals surface area contributed by atoms with E-state index in [9.17, 15) is 9.59 Å². The molecule has 1 aromatic rings. The number of carbonyl (C=O) groups is 2. The Morgan fingerprint density at radius 2 is 1.79 bits per heavy atom. The van der Waals surface area contributed by atoms with Gasteiger partial charge in [0.2, 0.25) is 11.8 Å². The van der Waals surface area contributed by atoms with E-state index in [0.29, 0.717) is 57.9 Å². The van der Waals surface area contributed by atoms with Crippen LogP contribution in [0.3, 0.4) is 0 Å². The van der Waals surface area contributed by atoms with Gasteiger partial charge in [-0.3, -0.25) is 9.59 Å². The van der Waals surface area contributed by atoms with E-state index in [4.69, 9.17) is 4.74 Å². The van der Waals surface area contributed by atoms with Crippen LogP contribution in [-0.2, 0) is 26.2 Å². The van der Waals surface area contributed by atoms with Crippen LogP contribution in [0, 0.1) is 24.7 Å². The number of benzene rings is 1. The number of nitrogens with one attached hydrogen (secondary N) is 1. The van der Waals surface area contributed by atoms with Crippen molar-refractivity contribution in [3.63, 3.8) is 0 Å². The minimum atomic E-state index is -0.989. The van der Waals surface area contributed by atoms with Gasteiger partial charge in [0.15, 0.2) is 0 Å². The summed E-state index contributed by atoms with van der Waals surface area (Å²) >= 11 is 0. The number of amides is 2. The maximum atomic E-state index is 15.1. The number of morpholine rings is 1. The average molecular weight is 471 g/mol. The van der Waals surface area contributed by atoms with Crippen molar-refractivity contribution in [3.05, 3.63) is 34.9 Å². The van der Waals surface area contributed by atoms with Crippen molar-refractivity contribution in [1.29, 1.82) is 0 Å². The molecule has 5 nitrogen and oxygen atoms in total. The quantitative estimate of drug-likeness (QED) is 0.681. The van der Waals surface area contributed by atoms with Crippen LogP contribution in [0.1, 0.15) is 69.1 Å². The zero-order chi connectivity index (χ0) is 24.1. The fourth-order valence-corrected chi connectivity index (χ4v) is 7.21. The number of hydrogen-bond donors (Lipinski definition) is 1. The summed E-state index contributed by atoms with van der Waals surface area (Å²) < 4.78 is 20.4. The van der Waals surface area contributed by atoms with Crippen LogP contribution in [0.2, 0.25) is 0 Å². The number of hydrogen-bond acceptors (Lipinski definition) is 3. The highest BCUT2D eigenvalue weighted by atomic mass is 19.1. The molecular weight excluding hydrogens is 431 g/mol. The van der Waals surface area contributed by atoms with Gasteiger partial charge in [-0.2, -0.15) is 0 Å². The molecule has 1 aromatic carbocycles. The lowest BCUT2D eigenvalue weighted by molar-refractivity contribution is -0.135. The second-order valence-electron chi connectivity index (χ2n) is 11.9. The summed E-state index contributed by atoms with van der Waals surface area (Å²) in [5.74, 6) is 1.24. The molecule has 1 aliphatic heterocycles. The van der Waals surface area contributed by atoms with Gasteiger partial charge < -0.3 is 15.0 Å². The van der Waals surface area contributed by atoms with E-state index in [-0.39, 0.29) is 29.7 Å². The Morgan fingerprint density at radius 3 is 2.44 bits per heavy atom. The third-order valence-electron chi connectivity index (χ3n) is 8.91. The van der Waals surface area contributed by atoms with Gasteiger partial charge in [-0.15, -0.1) is 0 Å². The summed E-state index contributed by atoms with van der Waals surface area (Å²) in [6.45, 7) is 8.55. The highest BCUT2D eigenvalue weighted by Crippen LogP contribution is 2.57. The molecule has 5 fully saturated rings. The Morgan fingerprint density at radius 1 is 1.12 bits per heavy atom. The highest BCUT2D eigenvalue weighted by molar-refractivity contribution is 5.87. The van der Waals surface area contributed by atoms with E-state index < -0.39 is 11.1 Å². The van der Waals surface area contributed by atoms with E-state index in [2.05, 4.69) is 23.5 Å². The van der Waals surface area contributed by atoms with Crippen LogP contribution >= 0.6 is 0 Å². The number of rotatable bonds is 6. The predicted molar refractivity (Wildman–Crippen MR) is 129 cm³/mol. The first kappa shape index (κ1) is 23.8. The molecular formula is C28H39FN2O3. The molecule has 1 N–H and O–H groups in total. The second kappa shape index (κ2) is 8.92. The topological polar surface area (TPSA) is 58.6 Å². The van der Waals surface area contributed by atoms with Crippen molar-refractivity contribution in [1.82, 2.24) is 10.2 Å². The number of aryl methyl sites for hydroxylation is 2. The van der Waals surface area contributed by atoms with Crippen molar-refractivity contribution in [3.8, 4) is 0 Å². The Balaban J connectivity index is 1.25. The van der Waals surface area contributed by atoms with Crippen molar-refractivity contribution < 1.29 is 18.7 Å². The molecule has 4 bridgehead atoms. The highest BCUT2D eigenvalue weighted by Gasteiger charge is 2.56. The molecule has 5 atom stereocenters. The maximum absolute atomic E-state index is 15.1. The molecule has 1 heterocycles. The van der Waals surface area contributed by atoms with E-state index in [0.717, 1.165) is 36.0 Å². The summed E-state index contributed by atoms with van der Waals surface area (Å²) in [7, 11) is 0. The molecule has 0 spiro atoms. The van der Waals surface area contributed by atoms with Gasteiger partial charge in [0.05, 0.1) is 18.6 Å². The minimum Gasteiger partial charge on any atom is -0.378 e. The molecule has 0 radical (unpaired) electrons. The molecule has 6 heteroatoms. The van der Waals surface area contributed by atoms with Gasteiger partial charge in [0.1, 0.15) is 5.67 Å². The lowest BCUT2D eigenvalue weighted by Crippen LogP contribution is -2.61. The van der Waals surface area contributed by atoms with Crippen molar-refractivity contribution in [2.75, 3.05) is 26.3 Å². The third-order valence-corrected chi connectivity index (χ3v) is 8.91. The van der Waals surface area contributed by atoms with Crippen LogP contribution in [-0.4, -0.2) is 54.7 Å². The number of ether oxygens (including phenoxy) is 1. The number of carbonyl (C=O) groups excluding carboxylic acids is 2. The zero-order valence-corrected chi connectivity index (χ0v) is 20.9. The average Bonchev–Trinajstić information content (AvgIpc) is 2.78. The van der Waals surface area contributed by atoms with Gasteiger partial charge in [-0.05, 0) is 88.2 Å². The van der Waals surface area contributed by atoms with Crippen LogP contribution in [0.4, 0.5) is 4.39 Å².